The number of furan rings is 2. The molecule has 0 saturated carbocycles. The fraction of sp³-hybridized carbons (Fsp3) is 0. The molecule has 0 amide bonds. The summed E-state index contributed by atoms with van der Waals surface area (Å²) in [7, 11) is 0. The zero-order chi connectivity index (χ0) is 35.3. The number of hydrogen-bond acceptors (Lipinski definition) is 4. The Hall–Kier alpha value is -7.44. The second-order valence-corrected chi connectivity index (χ2v) is 13.8. The average molecular weight is 693 g/mol. The Labute approximate surface area is 307 Å². The largest absolute Gasteiger partial charge is 0.425 e. The quantitative estimate of drug-likeness (QED) is 0.184. The van der Waals surface area contributed by atoms with E-state index in [0.717, 1.165) is 83.5 Å². The van der Waals surface area contributed by atoms with Crippen LogP contribution in [0.4, 0.5) is 0 Å². The number of rotatable bonds is 4. The van der Waals surface area contributed by atoms with E-state index >= 15 is 0 Å². The predicted octanol–water partition coefficient (Wildman–Crippen LogP) is 12.7. The Morgan fingerprint density at radius 1 is 0.352 bits per heavy atom. The molecule has 6 heteroatoms. The van der Waals surface area contributed by atoms with E-state index in [-0.39, 0.29) is 0 Å². The summed E-state index contributed by atoms with van der Waals surface area (Å²) >= 11 is 0. The zero-order valence-electron chi connectivity index (χ0n) is 28.8. The summed E-state index contributed by atoms with van der Waals surface area (Å²) in [6, 6.07) is 59.0. The minimum Gasteiger partial charge on any atom is -0.425 e. The fourth-order valence-corrected chi connectivity index (χ4v) is 8.39. The van der Waals surface area contributed by atoms with Crippen LogP contribution in [-0.4, -0.2) is 19.1 Å². The zero-order valence-corrected chi connectivity index (χ0v) is 28.8. The molecule has 0 fully saturated rings. The second-order valence-electron chi connectivity index (χ2n) is 13.8. The van der Waals surface area contributed by atoms with Crippen LogP contribution in [0.1, 0.15) is 0 Å². The van der Waals surface area contributed by atoms with Crippen molar-refractivity contribution in [1.82, 2.24) is 19.1 Å². The summed E-state index contributed by atoms with van der Waals surface area (Å²) in [4.78, 5) is 10.5. The molecule has 0 N–H and O–H groups in total. The lowest BCUT2D eigenvalue weighted by Crippen LogP contribution is -1.98. The number of aromatic nitrogens is 4. The highest BCUT2D eigenvalue weighted by Gasteiger charge is 2.19. The maximum absolute atomic E-state index is 6.29. The van der Waals surface area contributed by atoms with Gasteiger partial charge in [0.25, 0.3) is 5.78 Å². The van der Waals surface area contributed by atoms with E-state index < -0.39 is 0 Å². The molecule has 6 aromatic carbocycles. The normalized spacial score (nSPS) is 12.1. The van der Waals surface area contributed by atoms with Crippen LogP contribution in [-0.2, 0) is 0 Å². The van der Waals surface area contributed by atoms with E-state index in [9.17, 15) is 0 Å². The summed E-state index contributed by atoms with van der Waals surface area (Å²) in [5.41, 5.74) is 9.82. The van der Waals surface area contributed by atoms with Crippen molar-refractivity contribution in [1.29, 1.82) is 0 Å². The van der Waals surface area contributed by atoms with Gasteiger partial charge in [-0.25, -0.2) is 9.97 Å². The van der Waals surface area contributed by atoms with E-state index in [1.165, 1.54) is 21.5 Å². The molecule has 0 atom stereocenters. The van der Waals surface area contributed by atoms with Gasteiger partial charge in [-0.05, 0) is 84.9 Å². The van der Waals surface area contributed by atoms with E-state index in [1.54, 1.807) is 0 Å². The Morgan fingerprint density at radius 2 is 0.741 bits per heavy atom. The minimum atomic E-state index is 0.508. The molecule has 0 radical (unpaired) electrons. The lowest BCUT2D eigenvalue weighted by molar-refractivity contribution is 0.524. The highest BCUT2D eigenvalue weighted by atomic mass is 16.5. The first-order valence-electron chi connectivity index (χ1n) is 18.1. The number of benzene rings is 6. The van der Waals surface area contributed by atoms with Crippen LogP contribution in [0.25, 0.3) is 111 Å². The third kappa shape index (κ3) is 4.16. The van der Waals surface area contributed by atoms with Gasteiger partial charge in [-0.15, -0.1) is 0 Å². The topological polar surface area (TPSA) is 61.9 Å². The molecule has 0 aliphatic heterocycles. The second kappa shape index (κ2) is 11.0. The van der Waals surface area contributed by atoms with Gasteiger partial charge in [0.1, 0.15) is 22.8 Å². The summed E-state index contributed by atoms with van der Waals surface area (Å²) in [6.07, 6.45) is 0. The third-order valence-corrected chi connectivity index (χ3v) is 10.8. The molecule has 0 bridgehead atoms. The van der Waals surface area contributed by atoms with Crippen LogP contribution in [0.5, 0.6) is 0 Å². The van der Waals surface area contributed by atoms with Gasteiger partial charge in [0.2, 0.25) is 0 Å². The summed E-state index contributed by atoms with van der Waals surface area (Å²) in [5, 5.41) is 7.75. The number of nitrogens with zero attached hydrogens (tertiary/aromatic N) is 4. The van der Waals surface area contributed by atoms with Gasteiger partial charge in [0.15, 0.2) is 0 Å². The molecule has 252 valence electrons. The van der Waals surface area contributed by atoms with E-state index in [2.05, 4.69) is 167 Å². The minimum absolute atomic E-state index is 0.508. The van der Waals surface area contributed by atoms with E-state index in [4.69, 9.17) is 18.8 Å². The Morgan fingerprint density at radius 3 is 1.15 bits per heavy atom. The van der Waals surface area contributed by atoms with Crippen molar-refractivity contribution in [3.63, 3.8) is 0 Å². The Bertz CT molecular complexity index is 3140. The van der Waals surface area contributed by atoms with Crippen LogP contribution in [0, 0.1) is 0 Å². The van der Waals surface area contributed by atoms with Gasteiger partial charge in [-0.1, -0.05) is 84.9 Å². The number of para-hydroxylation sites is 4. The molecular weight excluding hydrogens is 665 g/mol. The van der Waals surface area contributed by atoms with Gasteiger partial charge in [0, 0.05) is 43.4 Å². The van der Waals surface area contributed by atoms with Crippen molar-refractivity contribution in [2.24, 2.45) is 0 Å². The molecule has 0 aliphatic carbocycles. The van der Waals surface area contributed by atoms with Crippen molar-refractivity contribution in [2.75, 3.05) is 0 Å². The van der Waals surface area contributed by atoms with Crippen LogP contribution >= 0.6 is 0 Å². The molecule has 6 heterocycles. The van der Waals surface area contributed by atoms with Crippen molar-refractivity contribution in [3.05, 3.63) is 170 Å². The molecule has 0 saturated heterocycles. The summed E-state index contributed by atoms with van der Waals surface area (Å²) in [6.45, 7) is 0. The molecule has 0 aliphatic rings. The highest BCUT2D eigenvalue weighted by molar-refractivity contribution is 6.18. The first-order chi connectivity index (χ1) is 26.8. The van der Waals surface area contributed by atoms with E-state index in [1.807, 2.05) is 12.1 Å². The van der Waals surface area contributed by atoms with Crippen LogP contribution < -0.4 is 0 Å². The molecule has 54 heavy (non-hydrogen) atoms. The molecule has 0 spiro atoms. The SMILES string of the molecule is c1cc(-c2ccc3oc4oc5ccc(-c6cccc(-n7c8ccccc8c8ccccc87)n6)cc5c4c3c2)nc(-n2c3ccccc3c3ccccc32)c1. The molecule has 6 aromatic heterocycles. The maximum Gasteiger partial charge on any atom is 0.299 e. The number of pyridine rings is 2. The van der Waals surface area contributed by atoms with E-state index in [0.29, 0.717) is 5.78 Å². The fourth-order valence-electron chi connectivity index (χ4n) is 8.39. The average Bonchev–Trinajstić information content (AvgIpc) is 3.97. The van der Waals surface area contributed by atoms with Crippen LogP contribution in [0.3, 0.4) is 0 Å². The standard InChI is InChI=1S/C48H28N4O2/c1-5-17-39-31(11-1)32-12-2-6-18-40(32)51(39)45-21-9-15-37(49-45)29-23-25-43-35(27-29)47-36-28-30(24-26-44(36)54-48(47)53-43)38-16-10-22-46(50-38)52-41-19-7-3-13-33(41)34-14-4-8-20-42(34)52/h1-28H. The molecule has 6 nitrogen and oxygen atoms in total. The van der Waals surface area contributed by atoms with Crippen LogP contribution in [0.2, 0.25) is 0 Å². The molecular formula is C48H28N4O2. The Kier molecular flexibility index (Phi) is 5.96. The molecule has 12 aromatic rings. The number of fused-ring (bicyclic) bond motifs is 11. The maximum atomic E-state index is 6.29. The van der Waals surface area contributed by atoms with Crippen molar-refractivity contribution in [3.8, 4) is 34.2 Å². The summed E-state index contributed by atoms with van der Waals surface area (Å²) in [5.74, 6) is 2.25. The first kappa shape index (κ1) is 29.2. The van der Waals surface area contributed by atoms with Gasteiger partial charge in [0.05, 0.1) is 38.8 Å². The predicted molar refractivity (Wildman–Crippen MR) is 219 cm³/mol. The number of hydrogen-bond donors (Lipinski definition) is 0. The van der Waals surface area contributed by atoms with Crippen LogP contribution in [0.15, 0.2) is 179 Å². The molecule has 0 unspecified atom stereocenters. The Balaban J connectivity index is 0.986. The highest BCUT2D eigenvalue weighted by Crippen LogP contribution is 2.41. The third-order valence-electron chi connectivity index (χ3n) is 10.8. The monoisotopic (exact) mass is 692 g/mol. The smallest absolute Gasteiger partial charge is 0.299 e. The lowest BCUT2D eigenvalue weighted by Gasteiger charge is -2.09. The van der Waals surface area contributed by atoms with Gasteiger partial charge < -0.3 is 8.83 Å². The van der Waals surface area contributed by atoms with Crippen molar-refractivity contribution in [2.45, 2.75) is 0 Å². The van der Waals surface area contributed by atoms with Crippen molar-refractivity contribution >= 4 is 76.7 Å². The van der Waals surface area contributed by atoms with Crippen molar-refractivity contribution < 1.29 is 8.83 Å². The first-order valence-corrected chi connectivity index (χ1v) is 18.1. The lowest BCUT2D eigenvalue weighted by atomic mass is 10.0. The van der Waals surface area contributed by atoms with Gasteiger partial charge in [-0.3, -0.25) is 9.13 Å². The van der Waals surface area contributed by atoms with Gasteiger partial charge >= 0.3 is 0 Å². The summed E-state index contributed by atoms with van der Waals surface area (Å²) < 4.78 is 17.1. The molecule has 12 rings (SSSR count). The van der Waals surface area contributed by atoms with Gasteiger partial charge in [-0.2, -0.15) is 0 Å².